The minimum absolute atomic E-state index is 0.216. The Morgan fingerprint density at radius 2 is 1.95 bits per heavy atom. The van der Waals surface area contributed by atoms with Crippen molar-refractivity contribution in [2.75, 3.05) is 19.6 Å². The first kappa shape index (κ1) is 11.9. The Labute approximate surface area is 114 Å². The summed E-state index contributed by atoms with van der Waals surface area (Å²) in [5, 5.41) is 0. The molecule has 0 aromatic rings. The van der Waals surface area contributed by atoms with Crippen LogP contribution in [0.1, 0.15) is 38.5 Å². The molecule has 4 fully saturated rings. The third kappa shape index (κ3) is 1.76. The molecule has 4 heterocycles. The molecule has 4 nitrogen and oxygen atoms in total. The van der Waals surface area contributed by atoms with Gasteiger partial charge in [0.1, 0.15) is 5.78 Å². The van der Waals surface area contributed by atoms with Crippen LogP contribution in [0.25, 0.3) is 0 Å². The van der Waals surface area contributed by atoms with Crippen molar-refractivity contribution >= 4 is 11.7 Å². The van der Waals surface area contributed by atoms with E-state index >= 15 is 0 Å². The molecule has 0 aromatic carbocycles. The summed E-state index contributed by atoms with van der Waals surface area (Å²) < 4.78 is 0. The van der Waals surface area contributed by atoms with Gasteiger partial charge >= 0.3 is 0 Å². The Hall–Kier alpha value is -0.900. The van der Waals surface area contributed by atoms with Crippen molar-refractivity contribution in [1.82, 2.24) is 9.80 Å². The number of carbonyl (C=O) groups is 2. The summed E-state index contributed by atoms with van der Waals surface area (Å²) in [7, 11) is 0. The summed E-state index contributed by atoms with van der Waals surface area (Å²) in [5.74, 6) is 1.48. The SMILES string of the molecule is O=C1CCN2C(=O)[C@H]3C[C@H](CN4CCCC[C@H]34)[C@@H]2C1. The summed E-state index contributed by atoms with van der Waals surface area (Å²) in [5.41, 5.74) is 0. The van der Waals surface area contributed by atoms with Gasteiger partial charge in [0.15, 0.2) is 0 Å². The fourth-order valence-corrected chi connectivity index (χ4v) is 4.87. The number of hydrogen-bond acceptors (Lipinski definition) is 3. The molecule has 104 valence electrons. The predicted molar refractivity (Wildman–Crippen MR) is 70.6 cm³/mol. The minimum Gasteiger partial charge on any atom is -0.338 e. The zero-order valence-electron chi connectivity index (χ0n) is 11.4. The van der Waals surface area contributed by atoms with Crippen LogP contribution in [0.4, 0.5) is 0 Å². The molecule has 4 heteroatoms. The molecule has 0 saturated carbocycles. The smallest absolute Gasteiger partial charge is 0.227 e. The molecule has 4 aliphatic heterocycles. The zero-order chi connectivity index (χ0) is 13.0. The summed E-state index contributed by atoms with van der Waals surface area (Å²) >= 11 is 0. The molecule has 4 rings (SSSR count). The highest BCUT2D eigenvalue weighted by Crippen LogP contribution is 2.42. The highest BCUT2D eigenvalue weighted by molar-refractivity contribution is 5.86. The topological polar surface area (TPSA) is 40.6 Å². The molecular weight excluding hydrogens is 240 g/mol. The van der Waals surface area contributed by atoms with E-state index in [4.69, 9.17) is 0 Å². The van der Waals surface area contributed by atoms with Gasteiger partial charge in [0, 0.05) is 38.0 Å². The number of ketones is 1. The van der Waals surface area contributed by atoms with Crippen molar-refractivity contribution in [2.45, 2.75) is 50.6 Å². The number of rotatable bonds is 0. The van der Waals surface area contributed by atoms with E-state index in [-0.39, 0.29) is 12.0 Å². The Balaban J connectivity index is 1.64. The fraction of sp³-hybridized carbons (Fsp3) is 0.867. The minimum atomic E-state index is 0.216. The van der Waals surface area contributed by atoms with Crippen molar-refractivity contribution in [3.05, 3.63) is 0 Å². The number of carbonyl (C=O) groups excluding carboxylic acids is 2. The molecule has 0 unspecified atom stereocenters. The van der Waals surface area contributed by atoms with Gasteiger partial charge in [0.25, 0.3) is 0 Å². The predicted octanol–water partition coefficient (Wildman–Crippen LogP) is 1.05. The highest BCUT2D eigenvalue weighted by Gasteiger charge is 2.51. The lowest BCUT2D eigenvalue weighted by molar-refractivity contribution is -0.160. The van der Waals surface area contributed by atoms with Crippen LogP contribution in [0.15, 0.2) is 0 Å². The van der Waals surface area contributed by atoms with Gasteiger partial charge in [0.2, 0.25) is 5.91 Å². The van der Waals surface area contributed by atoms with Crippen molar-refractivity contribution in [3.63, 3.8) is 0 Å². The molecule has 2 bridgehead atoms. The van der Waals surface area contributed by atoms with E-state index in [9.17, 15) is 9.59 Å². The number of fused-ring (bicyclic) bond motifs is 6. The van der Waals surface area contributed by atoms with Gasteiger partial charge in [-0.15, -0.1) is 0 Å². The first-order valence-electron chi connectivity index (χ1n) is 7.80. The molecule has 0 aliphatic carbocycles. The standard InChI is InChI=1S/C15H22N2O2/c18-11-4-6-17-14(8-11)10-7-12(15(17)19)13-3-1-2-5-16(13)9-10/h10,12-14H,1-9H2/t10-,12+,13-,14+/m1/s1. The molecule has 0 aromatic heterocycles. The first-order chi connectivity index (χ1) is 9.24. The maximum Gasteiger partial charge on any atom is 0.227 e. The second kappa shape index (κ2) is 4.30. The maximum atomic E-state index is 12.7. The second-order valence-corrected chi connectivity index (χ2v) is 6.75. The number of hydrogen-bond donors (Lipinski definition) is 0. The van der Waals surface area contributed by atoms with Crippen LogP contribution in [0, 0.1) is 11.8 Å². The fourth-order valence-electron chi connectivity index (χ4n) is 4.87. The van der Waals surface area contributed by atoms with Crippen molar-refractivity contribution < 1.29 is 9.59 Å². The van der Waals surface area contributed by atoms with Gasteiger partial charge in [-0.25, -0.2) is 0 Å². The molecule has 4 atom stereocenters. The van der Waals surface area contributed by atoms with Gasteiger partial charge < -0.3 is 4.90 Å². The molecule has 0 spiro atoms. The number of nitrogens with zero attached hydrogens (tertiary/aromatic N) is 2. The molecule has 0 N–H and O–H groups in total. The van der Waals surface area contributed by atoms with Crippen molar-refractivity contribution in [2.24, 2.45) is 11.8 Å². The van der Waals surface area contributed by atoms with Crippen LogP contribution in [0.2, 0.25) is 0 Å². The van der Waals surface area contributed by atoms with Crippen LogP contribution < -0.4 is 0 Å². The van der Waals surface area contributed by atoms with Crippen molar-refractivity contribution in [3.8, 4) is 0 Å². The Bertz CT molecular complexity index is 422. The van der Waals surface area contributed by atoms with E-state index in [0.29, 0.717) is 43.0 Å². The lowest BCUT2D eigenvalue weighted by atomic mass is 9.70. The zero-order valence-corrected chi connectivity index (χ0v) is 11.4. The third-order valence-corrected chi connectivity index (χ3v) is 5.77. The summed E-state index contributed by atoms with van der Waals surface area (Å²) in [4.78, 5) is 29.1. The average molecular weight is 262 g/mol. The first-order valence-corrected chi connectivity index (χ1v) is 7.80. The number of Topliss-reactive ketones (excluding diaryl/α,β-unsaturated/α-hetero) is 1. The van der Waals surface area contributed by atoms with Crippen LogP contribution in [0.3, 0.4) is 0 Å². The number of amides is 1. The van der Waals surface area contributed by atoms with E-state index in [1.54, 1.807) is 0 Å². The Morgan fingerprint density at radius 3 is 2.84 bits per heavy atom. The quantitative estimate of drug-likeness (QED) is 0.655. The second-order valence-electron chi connectivity index (χ2n) is 6.75. The van der Waals surface area contributed by atoms with Gasteiger partial charge in [0.05, 0.1) is 5.92 Å². The van der Waals surface area contributed by atoms with Crippen LogP contribution >= 0.6 is 0 Å². The van der Waals surface area contributed by atoms with Gasteiger partial charge in [-0.2, -0.15) is 0 Å². The molecular formula is C15H22N2O2. The average Bonchev–Trinajstić information content (AvgIpc) is 2.44. The van der Waals surface area contributed by atoms with E-state index in [0.717, 1.165) is 19.5 Å². The summed E-state index contributed by atoms with van der Waals surface area (Å²) in [6.07, 6.45) is 5.97. The lowest BCUT2D eigenvalue weighted by Gasteiger charge is -2.56. The molecule has 0 radical (unpaired) electrons. The summed E-state index contributed by atoms with van der Waals surface area (Å²) in [6, 6.07) is 0.712. The highest BCUT2D eigenvalue weighted by atomic mass is 16.2. The van der Waals surface area contributed by atoms with Crippen LogP contribution in [-0.4, -0.2) is 53.2 Å². The van der Waals surface area contributed by atoms with E-state index in [1.807, 2.05) is 0 Å². The lowest BCUT2D eigenvalue weighted by Crippen LogP contribution is -2.66. The molecule has 19 heavy (non-hydrogen) atoms. The van der Waals surface area contributed by atoms with Crippen LogP contribution in [-0.2, 0) is 9.59 Å². The van der Waals surface area contributed by atoms with Gasteiger partial charge in [-0.1, -0.05) is 6.42 Å². The normalized spacial score (nSPS) is 42.8. The summed E-state index contributed by atoms with van der Waals surface area (Å²) in [6.45, 7) is 2.95. The Kier molecular flexibility index (Phi) is 2.69. The van der Waals surface area contributed by atoms with Gasteiger partial charge in [-0.3, -0.25) is 14.5 Å². The molecule has 4 aliphatic rings. The van der Waals surface area contributed by atoms with E-state index in [2.05, 4.69) is 9.80 Å². The maximum absolute atomic E-state index is 12.7. The largest absolute Gasteiger partial charge is 0.338 e. The molecule has 1 amide bonds. The monoisotopic (exact) mass is 262 g/mol. The van der Waals surface area contributed by atoms with Gasteiger partial charge in [-0.05, 0) is 31.7 Å². The Morgan fingerprint density at radius 1 is 1.05 bits per heavy atom. The third-order valence-electron chi connectivity index (χ3n) is 5.77. The van der Waals surface area contributed by atoms with E-state index in [1.165, 1.54) is 19.3 Å². The molecule has 4 saturated heterocycles. The van der Waals surface area contributed by atoms with Crippen LogP contribution in [0.5, 0.6) is 0 Å². The van der Waals surface area contributed by atoms with E-state index < -0.39 is 0 Å². The van der Waals surface area contributed by atoms with Crippen molar-refractivity contribution in [1.29, 1.82) is 0 Å². The number of piperidine rings is 4.